The number of rotatable bonds is 5. The molecule has 0 radical (unpaired) electrons. The topological polar surface area (TPSA) is 63.4 Å². The number of sulfone groups is 1. The quantitative estimate of drug-likeness (QED) is 0.898. The van der Waals surface area contributed by atoms with E-state index in [9.17, 15) is 21.6 Å². The van der Waals surface area contributed by atoms with Gasteiger partial charge in [-0.1, -0.05) is 0 Å². The van der Waals surface area contributed by atoms with E-state index in [-0.39, 0.29) is 18.8 Å². The first-order valence-electron chi connectivity index (χ1n) is 5.83. The Bertz CT molecular complexity index is 571. The van der Waals surface area contributed by atoms with Gasteiger partial charge in [-0.2, -0.15) is 13.2 Å². The molecule has 2 N–H and O–H groups in total. The van der Waals surface area contributed by atoms with Crippen molar-refractivity contribution >= 4 is 15.5 Å². The normalized spacial score (nSPS) is 12.5. The van der Waals surface area contributed by atoms with E-state index in [1.807, 2.05) is 0 Å². The fourth-order valence-corrected chi connectivity index (χ4v) is 2.33. The van der Waals surface area contributed by atoms with Gasteiger partial charge in [0.15, 0.2) is 0 Å². The minimum absolute atomic E-state index is 0.0531. The highest BCUT2D eigenvalue weighted by molar-refractivity contribution is 7.90. The molecule has 1 rings (SSSR count). The summed E-state index contributed by atoms with van der Waals surface area (Å²) < 4.78 is 60.0. The second-order valence-corrected chi connectivity index (χ2v) is 6.86. The number of alkyl halides is 3. The largest absolute Gasteiger partial charge is 0.416 e. The van der Waals surface area contributed by atoms with Gasteiger partial charge in [-0.3, -0.25) is 0 Å². The molecule has 20 heavy (non-hydrogen) atoms. The fraction of sp³-hybridized carbons (Fsp3) is 0.500. The van der Waals surface area contributed by atoms with Gasteiger partial charge in [0, 0.05) is 32.1 Å². The molecule has 0 heterocycles. The molecule has 0 aliphatic rings. The molecule has 1 aromatic rings. The van der Waals surface area contributed by atoms with Gasteiger partial charge in [-0.05, 0) is 23.8 Å². The summed E-state index contributed by atoms with van der Waals surface area (Å²) in [5.74, 6) is -0.0749. The first-order chi connectivity index (χ1) is 9.04. The maximum absolute atomic E-state index is 12.6. The van der Waals surface area contributed by atoms with Crippen molar-refractivity contribution in [2.75, 3.05) is 30.5 Å². The summed E-state index contributed by atoms with van der Waals surface area (Å²) in [6.07, 6.45) is -3.31. The third-order valence-corrected chi connectivity index (χ3v) is 3.76. The van der Waals surface area contributed by atoms with Crippen molar-refractivity contribution < 1.29 is 21.6 Å². The molecule has 1 aromatic carbocycles. The molecule has 0 aliphatic heterocycles. The van der Waals surface area contributed by atoms with Crippen molar-refractivity contribution in [3.05, 3.63) is 29.3 Å². The minimum atomic E-state index is -4.42. The van der Waals surface area contributed by atoms with Crippen LogP contribution in [0.1, 0.15) is 11.1 Å². The van der Waals surface area contributed by atoms with Crippen LogP contribution in [-0.2, 0) is 22.6 Å². The molecule has 0 saturated carbocycles. The lowest BCUT2D eigenvalue weighted by molar-refractivity contribution is -0.137. The third-order valence-electron chi connectivity index (χ3n) is 2.84. The fourth-order valence-electron chi connectivity index (χ4n) is 1.72. The molecule has 0 fully saturated rings. The number of benzene rings is 1. The molecule has 0 spiro atoms. The van der Waals surface area contributed by atoms with Gasteiger partial charge in [0.1, 0.15) is 9.84 Å². The van der Waals surface area contributed by atoms with Crippen molar-refractivity contribution in [2.45, 2.75) is 12.7 Å². The second kappa shape index (κ2) is 6.01. The summed E-state index contributed by atoms with van der Waals surface area (Å²) in [5, 5.41) is 0. The molecule has 0 unspecified atom stereocenters. The van der Waals surface area contributed by atoms with Crippen LogP contribution < -0.4 is 10.6 Å². The van der Waals surface area contributed by atoms with Gasteiger partial charge in [0.2, 0.25) is 0 Å². The van der Waals surface area contributed by atoms with Crippen LogP contribution >= 0.6 is 0 Å². The van der Waals surface area contributed by atoms with Crippen LogP contribution in [0, 0.1) is 0 Å². The van der Waals surface area contributed by atoms with Gasteiger partial charge in [-0.15, -0.1) is 0 Å². The molecule has 0 amide bonds. The average Bonchev–Trinajstić information content (AvgIpc) is 2.33. The SMILES string of the molecule is CN(CCS(C)(=O)=O)c1ccc(C(F)(F)F)cc1CN. The Morgan fingerprint density at radius 2 is 1.90 bits per heavy atom. The van der Waals surface area contributed by atoms with E-state index < -0.39 is 21.6 Å². The molecular weight excluding hydrogens is 293 g/mol. The molecule has 8 heteroatoms. The molecular formula is C12H17F3N2O2S. The van der Waals surface area contributed by atoms with Crippen molar-refractivity contribution in [3.8, 4) is 0 Å². The van der Waals surface area contributed by atoms with Gasteiger partial charge in [-0.25, -0.2) is 8.42 Å². The van der Waals surface area contributed by atoms with Crippen LogP contribution in [0.25, 0.3) is 0 Å². The Kier molecular flexibility index (Phi) is 5.04. The summed E-state index contributed by atoms with van der Waals surface area (Å²) in [4.78, 5) is 1.59. The van der Waals surface area contributed by atoms with Crippen molar-refractivity contribution in [1.82, 2.24) is 0 Å². The zero-order valence-corrected chi connectivity index (χ0v) is 12.1. The highest BCUT2D eigenvalue weighted by Gasteiger charge is 2.31. The van der Waals surface area contributed by atoms with E-state index in [0.29, 0.717) is 11.3 Å². The van der Waals surface area contributed by atoms with E-state index in [4.69, 9.17) is 5.73 Å². The Hall–Kier alpha value is -1.28. The van der Waals surface area contributed by atoms with Crippen molar-refractivity contribution in [3.63, 3.8) is 0 Å². The van der Waals surface area contributed by atoms with Crippen LogP contribution in [-0.4, -0.2) is 34.0 Å². The Balaban J connectivity index is 3.01. The van der Waals surface area contributed by atoms with Crippen molar-refractivity contribution in [2.24, 2.45) is 5.73 Å². The van der Waals surface area contributed by atoms with Crippen LogP contribution in [0.15, 0.2) is 18.2 Å². The lowest BCUT2D eigenvalue weighted by atomic mass is 10.1. The lowest BCUT2D eigenvalue weighted by Gasteiger charge is -2.22. The average molecular weight is 310 g/mol. The van der Waals surface area contributed by atoms with Crippen LogP contribution in [0.4, 0.5) is 18.9 Å². The minimum Gasteiger partial charge on any atom is -0.373 e. The predicted octanol–water partition coefficient (Wildman–Crippen LogP) is 1.64. The van der Waals surface area contributed by atoms with Crippen LogP contribution in [0.3, 0.4) is 0 Å². The van der Waals surface area contributed by atoms with E-state index in [1.54, 1.807) is 11.9 Å². The van der Waals surface area contributed by atoms with Gasteiger partial charge in [0.25, 0.3) is 0 Å². The summed E-state index contributed by atoms with van der Waals surface area (Å²) in [7, 11) is -1.51. The zero-order chi connectivity index (χ0) is 15.6. The Morgan fingerprint density at radius 3 is 2.35 bits per heavy atom. The first-order valence-corrected chi connectivity index (χ1v) is 7.89. The summed E-state index contributed by atoms with van der Waals surface area (Å²) >= 11 is 0. The third kappa shape index (κ3) is 4.68. The molecule has 4 nitrogen and oxygen atoms in total. The highest BCUT2D eigenvalue weighted by Crippen LogP contribution is 2.32. The smallest absolute Gasteiger partial charge is 0.373 e. The Labute approximate surface area is 116 Å². The summed E-state index contributed by atoms with van der Waals surface area (Å²) in [6.45, 7) is 0.139. The molecule has 0 saturated heterocycles. The monoisotopic (exact) mass is 310 g/mol. The predicted molar refractivity (Wildman–Crippen MR) is 72.3 cm³/mol. The number of nitrogens with zero attached hydrogens (tertiary/aromatic N) is 1. The van der Waals surface area contributed by atoms with E-state index in [1.165, 1.54) is 6.07 Å². The zero-order valence-electron chi connectivity index (χ0n) is 11.2. The number of nitrogens with two attached hydrogens (primary N) is 1. The molecule has 0 bridgehead atoms. The number of hydrogen-bond donors (Lipinski definition) is 1. The summed E-state index contributed by atoms with van der Waals surface area (Å²) in [5.41, 5.74) is 5.54. The van der Waals surface area contributed by atoms with E-state index >= 15 is 0 Å². The molecule has 114 valence electrons. The Morgan fingerprint density at radius 1 is 1.30 bits per heavy atom. The van der Waals surface area contributed by atoms with Crippen LogP contribution in [0.5, 0.6) is 0 Å². The first kappa shape index (κ1) is 16.8. The number of anilines is 1. The standard InChI is InChI=1S/C12H17F3N2O2S/c1-17(5-6-20(2,18)19)11-4-3-10(12(13,14)15)7-9(11)8-16/h3-4,7H,5-6,8,16H2,1-2H3. The van der Waals surface area contributed by atoms with Crippen LogP contribution in [0.2, 0.25) is 0 Å². The maximum atomic E-state index is 12.6. The second-order valence-electron chi connectivity index (χ2n) is 4.60. The lowest BCUT2D eigenvalue weighted by Crippen LogP contribution is -2.26. The molecule has 0 aliphatic carbocycles. The highest BCUT2D eigenvalue weighted by atomic mass is 32.2. The number of halogens is 3. The number of hydrogen-bond acceptors (Lipinski definition) is 4. The molecule has 0 atom stereocenters. The van der Waals surface area contributed by atoms with Crippen molar-refractivity contribution in [1.29, 1.82) is 0 Å². The molecule has 0 aromatic heterocycles. The van der Waals surface area contributed by atoms with Gasteiger partial charge >= 0.3 is 6.18 Å². The maximum Gasteiger partial charge on any atom is 0.416 e. The van der Waals surface area contributed by atoms with E-state index in [0.717, 1.165) is 18.4 Å². The van der Waals surface area contributed by atoms with E-state index in [2.05, 4.69) is 0 Å². The van der Waals surface area contributed by atoms with Gasteiger partial charge < -0.3 is 10.6 Å². The van der Waals surface area contributed by atoms with Gasteiger partial charge in [0.05, 0.1) is 11.3 Å². The summed E-state index contributed by atoms with van der Waals surface area (Å²) in [6, 6.07) is 3.27.